The minimum Gasteiger partial charge on any atom is -0.381 e. The Morgan fingerprint density at radius 3 is 3.17 bits per heavy atom. The van der Waals surface area contributed by atoms with Crippen LogP contribution in [0.1, 0.15) is 6.42 Å². The Labute approximate surface area is 106 Å². The summed E-state index contributed by atoms with van der Waals surface area (Å²) in [6.45, 7) is 2.88. The molecule has 2 rings (SSSR count). The molecule has 1 aromatic rings. The van der Waals surface area contributed by atoms with Crippen molar-refractivity contribution < 1.29 is 9.53 Å². The summed E-state index contributed by atoms with van der Waals surface area (Å²) in [4.78, 5) is 21.6. The van der Waals surface area contributed by atoms with Gasteiger partial charge in [-0.2, -0.15) is 0 Å². The van der Waals surface area contributed by atoms with Crippen LogP contribution in [0.25, 0.3) is 0 Å². The Morgan fingerprint density at radius 2 is 2.50 bits per heavy atom. The number of likely N-dealkylation sites (N-methyl/N-ethyl adjacent to an activating group) is 1. The third-order valence-corrected chi connectivity index (χ3v) is 2.84. The lowest BCUT2D eigenvalue weighted by atomic mass is 10.1. The van der Waals surface area contributed by atoms with E-state index in [1.54, 1.807) is 12.4 Å². The Kier molecular flexibility index (Phi) is 4.60. The van der Waals surface area contributed by atoms with Gasteiger partial charge >= 0.3 is 0 Å². The summed E-state index contributed by atoms with van der Waals surface area (Å²) >= 11 is 0. The van der Waals surface area contributed by atoms with Gasteiger partial charge in [0.15, 0.2) is 5.82 Å². The molecule has 1 unspecified atom stereocenters. The number of carbonyl (C=O) groups excluding carboxylic acids is 1. The van der Waals surface area contributed by atoms with Crippen molar-refractivity contribution >= 4 is 11.7 Å². The van der Waals surface area contributed by atoms with E-state index in [1.807, 2.05) is 11.9 Å². The fraction of sp³-hybridized carbons (Fsp3) is 0.583. The van der Waals surface area contributed by atoms with Gasteiger partial charge in [0.25, 0.3) is 0 Å². The van der Waals surface area contributed by atoms with Crippen LogP contribution in [0.3, 0.4) is 0 Å². The standard InChI is InChI=1S/C12H18N4O2/c1-16(7-10-2-5-18-9-10)8-12(17)15-11-6-13-3-4-14-11/h3-4,6,10H,2,5,7-9H2,1H3,(H,14,15,17). The van der Waals surface area contributed by atoms with E-state index >= 15 is 0 Å². The van der Waals surface area contributed by atoms with Crippen molar-refractivity contribution in [3.8, 4) is 0 Å². The molecular weight excluding hydrogens is 232 g/mol. The average Bonchev–Trinajstić information content (AvgIpc) is 2.82. The summed E-state index contributed by atoms with van der Waals surface area (Å²) in [6.07, 6.45) is 5.73. The van der Waals surface area contributed by atoms with Crippen LogP contribution in [0.5, 0.6) is 0 Å². The van der Waals surface area contributed by atoms with Crippen molar-refractivity contribution in [2.45, 2.75) is 6.42 Å². The van der Waals surface area contributed by atoms with E-state index in [0.717, 1.165) is 26.2 Å². The molecule has 1 amide bonds. The minimum atomic E-state index is -0.0723. The van der Waals surface area contributed by atoms with Crippen LogP contribution < -0.4 is 5.32 Å². The Hall–Kier alpha value is -1.53. The van der Waals surface area contributed by atoms with E-state index in [0.29, 0.717) is 18.3 Å². The number of ether oxygens (including phenoxy) is 1. The van der Waals surface area contributed by atoms with E-state index in [2.05, 4.69) is 15.3 Å². The second kappa shape index (κ2) is 6.42. The number of nitrogens with one attached hydrogen (secondary N) is 1. The van der Waals surface area contributed by atoms with Crippen molar-refractivity contribution in [3.63, 3.8) is 0 Å². The van der Waals surface area contributed by atoms with Crippen molar-refractivity contribution in [1.29, 1.82) is 0 Å². The smallest absolute Gasteiger partial charge is 0.239 e. The zero-order valence-corrected chi connectivity index (χ0v) is 10.5. The van der Waals surface area contributed by atoms with E-state index in [-0.39, 0.29) is 5.91 Å². The molecule has 18 heavy (non-hydrogen) atoms. The number of carbonyl (C=O) groups is 1. The van der Waals surface area contributed by atoms with Crippen LogP contribution in [0, 0.1) is 5.92 Å². The minimum absolute atomic E-state index is 0.0723. The van der Waals surface area contributed by atoms with Gasteiger partial charge in [0.05, 0.1) is 19.3 Å². The molecule has 0 aromatic carbocycles. The lowest BCUT2D eigenvalue weighted by Gasteiger charge is -2.19. The molecule has 6 nitrogen and oxygen atoms in total. The molecule has 0 bridgehead atoms. The lowest BCUT2D eigenvalue weighted by molar-refractivity contribution is -0.117. The third-order valence-electron chi connectivity index (χ3n) is 2.84. The molecule has 0 aliphatic carbocycles. The molecule has 1 atom stereocenters. The predicted octanol–water partition coefficient (Wildman–Crippen LogP) is 0.383. The highest BCUT2D eigenvalue weighted by molar-refractivity contribution is 5.91. The van der Waals surface area contributed by atoms with E-state index in [1.165, 1.54) is 6.20 Å². The maximum absolute atomic E-state index is 11.7. The molecule has 1 N–H and O–H groups in total. The summed E-state index contributed by atoms with van der Waals surface area (Å²) in [5, 5.41) is 2.71. The first-order valence-corrected chi connectivity index (χ1v) is 6.06. The maximum atomic E-state index is 11.7. The molecule has 1 fully saturated rings. The van der Waals surface area contributed by atoms with Gasteiger partial charge in [-0.25, -0.2) is 4.98 Å². The number of hydrogen-bond donors (Lipinski definition) is 1. The monoisotopic (exact) mass is 250 g/mol. The van der Waals surface area contributed by atoms with Crippen LogP contribution in [0.15, 0.2) is 18.6 Å². The molecule has 6 heteroatoms. The summed E-state index contributed by atoms with van der Waals surface area (Å²) in [7, 11) is 1.94. The van der Waals surface area contributed by atoms with Gasteiger partial charge < -0.3 is 10.1 Å². The van der Waals surface area contributed by atoms with Crippen molar-refractivity contribution in [3.05, 3.63) is 18.6 Å². The Balaban J connectivity index is 1.73. The van der Waals surface area contributed by atoms with Crippen molar-refractivity contribution in [1.82, 2.24) is 14.9 Å². The zero-order valence-electron chi connectivity index (χ0n) is 10.5. The maximum Gasteiger partial charge on any atom is 0.239 e. The second-order valence-corrected chi connectivity index (χ2v) is 4.57. The molecule has 1 aliphatic rings. The highest BCUT2D eigenvalue weighted by atomic mass is 16.5. The Bertz CT molecular complexity index is 379. The van der Waals surface area contributed by atoms with Crippen molar-refractivity contribution in [2.75, 3.05) is 38.7 Å². The zero-order chi connectivity index (χ0) is 12.8. The number of amides is 1. The topological polar surface area (TPSA) is 67.4 Å². The summed E-state index contributed by atoms with van der Waals surface area (Å²) in [5.74, 6) is 0.955. The Morgan fingerprint density at radius 1 is 1.61 bits per heavy atom. The van der Waals surface area contributed by atoms with E-state index in [9.17, 15) is 4.79 Å². The fourth-order valence-corrected chi connectivity index (χ4v) is 2.02. The van der Waals surface area contributed by atoms with Crippen LogP contribution in [-0.4, -0.2) is 54.1 Å². The van der Waals surface area contributed by atoms with Gasteiger partial charge in [-0.3, -0.25) is 14.7 Å². The fourth-order valence-electron chi connectivity index (χ4n) is 2.02. The lowest BCUT2D eigenvalue weighted by Crippen LogP contribution is -2.34. The molecule has 98 valence electrons. The quantitative estimate of drug-likeness (QED) is 0.818. The first-order valence-electron chi connectivity index (χ1n) is 6.06. The highest BCUT2D eigenvalue weighted by Crippen LogP contribution is 2.12. The molecule has 1 aliphatic heterocycles. The molecule has 0 radical (unpaired) electrons. The predicted molar refractivity (Wildman–Crippen MR) is 67.1 cm³/mol. The van der Waals surface area contributed by atoms with Crippen LogP contribution in [-0.2, 0) is 9.53 Å². The molecule has 0 spiro atoms. The number of nitrogens with zero attached hydrogens (tertiary/aromatic N) is 3. The number of aromatic nitrogens is 2. The van der Waals surface area contributed by atoms with Gasteiger partial charge in [0.2, 0.25) is 5.91 Å². The van der Waals surface area contributed by atoms with Gasteiger partial charge in [0.1, 0.15) is 0 Å². The van der Waals surface area contributed by atoms with Gasteiger partial charge in [-0.1, -0.05) is 0 Å². The van der Waals surface area contributed by atoms with Gasteiger partial charge in [-0.15, -0.1) is 0 Å². The SMILES string of the molecule is CN(CC(=O)Nc1cnccn1)CC1CCOC1. The summed E-state index contributed by atoms with van der Waals surface area (Å²) < 4.78 is 5.31. The van der Waals surface area contributed by atoms with Crippen LogP contribution in [0.2, 0.25) is 0 Å². The van der Waals surface area contributed by atoms with Crippen molar-refractivity contribution in [2.24, 2.45) is 5.92 Å². The molecule has 1 saturated heterocycles. The summed E-state index contributed by atoms with van der Waals surface area (Å²) in [5.41, 5.74) is 0. The second-order valence-electron chi connectivity index (χ2n) is 4.57. The van der Waals surface area contributed by atoms with Crippen LogP contribution in [0.4, 0.5) is 5.82 Å². The number of hydrogen-bond acceptors (Lipinski definition) is 5. The van der Waals surface area contributed by atoms with Gasteiger partial charge in [-0.05, 0) is 19.4 Å². The number of rotatable bonds is 5. The normalized spacial score (nSPS) is 19.1. The van der Waals surface area contributed by atoms with Gasteiger partial charge in [0, 0.05) is 25.5 Å². The summed E-state index contributed by atoms with van der Waals surface area (Å²) in [6, 6.07) is 0. The average molecular weight is 250 g/mol. The third kappa shape index (κ3) is 4.05. The first-order chi connectivity index (χ1) is 8.74. The van der Waals surface area contributed by atoms with E-state index < -0.39 is 0 Å². The highest BCUT2D eigenvalue weighted by Gasteiger charge is 2.18. The molecule has 2 heterocycles. The first kappa shape index (κ1) is 12.9. The molecular formula is C12H18N4O2. The van der Waals surface area contributed by atoms with Crippen LogP contribution >= 0.6 is 0 Å². The molecule has 1 aromatic heterocycles. The number of anilines is 1. The molecule has 0 saturated carbocycles. The van der Waals surface area contributed by atoms with E-state index in [4.69, 9.17) is 4.74 Å². The largest absolute Gasteiger partial charge is 0.381 e.